The number of H-pyrrole nitrogens is 1. The number of aromatic amines is 1. The quantitative estimate of drug-likeness (QED) is 0.687. The van der Waals surface area contributed by atoms with Crippen LogP contribution >= 0.6 is 0 Å². The lowest BCUT2D eigenvalue weighted by Gasteiger charge is -2.00. The summed E-state index contributed by atoms with van der Waals surface area (Å²) in [4.78, 5) is 18.7. The van der Waals surface area contributed by atoms with Crippen molar-refractivity contribution in [3.05, 3.63) is 27.4 Å². The van der Waals surface area contributed by atoms with E-state index in [4.69, 9.17) is 0 Å². The molecule has 4 nitrogen and oxygen atoms in total. The predicted molar refractivity (Wildman–Crippen MR) is 49.4 cm³/mol. The Morgan fingerprint density at radius 2 is 2.31 bits per heavy atom. The predicted octanol–water partition coefficient (Wildman–Crippen LogP) is 0.326. The normalized spacial score (nSPS) is 14.5. The van der Waals surface area contributed by atoms with Crippen molar-refractivity contribution in [2.45, 2.75) is 32.9 Å². The van der Waals surface area contributed by atoms with Crippen LogP contribution in [-0.2, 0) is 19.5 Å². The molecule has 1 aromatic heterocycles. The molecule has 0 atom stereocenters. The zero-order valence-corrected chi connectivity index (χ0v) is 7.68. The van der Waals surface area contributed by atoms with Gasteiger partial charge in [-0.3, -0.25) is 4.79 Å². The fourth-order valence-electron chi connectivity index (χ4n) is 1.59. The van der Waals surface area contributed by atoms with Gasteiger partial charge in [-0.25, -0.2) is 4.98 Å². The van der Waals surface area contributed by atoms with Gasteiger partial charge in [-0.1, -0.05) is 6.92 Å². The summed E-state index contributed by atoms with van der Waals surface area (Å²) in [6, 6.07) is 0. The molecule has 0 aromatic carbocycles. The molecule has 0 spiro atoms. The molecule has 1 aromatic rings. The standard InChI is InChI=1S/C9H13N3O/c1-2-3-8-11-7-5-10-4-6(7)9(13)12-8/h10H,2-5H2,1H3,(H,11,12,13). The molecule has 70 valence electrons. The van der Waals surface area contributed by atoms with E-state index in [1.54, 1.807) is 0 Å². The van der Waals surface area contributed by atoms with Crippen molar-refractivity contribution in [1.82, 2.24) is 15.3 Å². The third kappa shape index (κ3) is 1.49. The molecular formula is C9H13N3O. The zero-order chi connectivity index (χ0) is 9.26. The van der Waals surface area contributed by atoms with Gasteiger partial charge in [-0.2, -0.15) is 0 Å². The maximum absolute atomic E-state index is 11.5. The molecular weight excluding hydrogens is 166 g/mol. The number of hydrogen-bond donors (Lipinski definition) is 2. The maximum atomic E-state index is 11.5. The first-order chi connectivity index (χ1) is 6.31. The van der Waals surface area contributed by atoms with E-state index in [1.807, 2.05) is 0 Å². The van der Waals surface area contributed by atoms with E-state index in [0.29, 0.717) is 6.54 Å². The van der Waals surface area contributed by atoms with Gasteiger partial charge in [0, 0.05) is 19.5 Å². The molecule has 0 saturated carbocycles. The van der Waals surface area contributed by atoms with Crippen molar-refractivity contribution in [2.24, 2.45) is 0 Å². The number of nitrogens with one attached hydrogen (secondary N) is 2. The minimum Gasteiger partial charge on any atom is -0.310 e. The van der Waals surface area contributed by atoms with E-state index in [-0.39, 0.29) is 5.56 Å². The Balaban J connectivity index is 2.44. The minimum absolute atomic E-state index is 0.0263. The van der Waals surface area contributed by atoms with Gasteiger partial charge < -0.3 is 10.3 Å². The number of hydrogen-bond acceptors (Lipinski definition) is 3. The van der Waals surface area contributed by atoms with Gasteiger partial charge >= 0.3 is 0 Å². The van der Waals surface area contributed by atoms with Crippen molar-refractivity contribution >= 4 is 0 Å². The Kier molecular flexibility index (Phi) is 2.14. The summed E-state index contributed by atoms with van der Waals surface area (Å²) in [5, 5.41) is 3.12. The molecule has 0 fully saturated rings. The van der Waals surface area contributed by atoms with Gasteiger partial charge in [-0.05, 0) is 6.42 Å². The van der Waals surface area contributed by atoms with Crippen LogP contribution in [0.2, 0.25) is 0 Å². The van der Waals surface area contributed by atoms with Crippen LogP contribution in [0, 0.1) is 0 Å². The zero-order valence-electron chi connectivity index (χ0n) is 7.68. The molecule has 0 saturated heterocycles. The number of fused-ring (bicyclic) bond motifs is 1. The van der Waals surface area contributed by atoms with Crippen molar-refractivity contribution < 1.29 is 0 Å². The van der Waals surface area contributed by atoms with Crippen molar-refractivity contribution in [1.29, 1.82) is 0 Å². The second kappa shape index (κ2) is 3.30. The maximum Gasteiger partial charge on any atom is 0.255 e. The summed E-state index contributed by atoms with van der Waals surface area (Å²) in [6.07, 6.45) is 1.86. The highest BCUT2D eigenvalue weighted by molar-refractivity contribution is 5.21. The summed E-state index contributed by atoms with van der Waals surface area (Å²) in [6.45, 7) is 3.46. The summed E-state index contributed by atoms with van der Waals surface area (Å²) < 4.78 is 0. The number of aryl methyl sites for hydroxylation is 1. The molecule has 4 heteroatoms. The summed E-state index contributed by atoms with van der Waals surface area (Å²) in [5.41, 5.74) is 1.76. The molecule has 0 amide bonds. The summed E-state index contributed by atoms with van der Waals surface area (Å²) in [5.74, 6) is 0.815. The highest BCUT2D eigenvalue weighted by Gasteiger charge is 2.15. The molecule has 0 bridgehead atoms. The highest BCUT2D eigenvalue weighted by Crippen LogP contribution is 2.07. The first-order valence-electron chi connectivity index (χ1n) is 4.63. The second-order valence-electron chi connectivity index (χ2n) is 3.29. The van der Waals surface area contributed by atoms with Crippen LogP contribution in [0.3, 0.4) is 0 Å². The van der Waals surface area contributed by atoms with Crippen LogP contribution in [0.25, 0.3) is 0 Å². The van der Waals surface area contributed by atoms with Gasteiger partial charge in [0.1, 0.15) is 5.82 Å². The van der Waals surface area contributed by atoms with Gasteiger partial charge in [0.15, 0.2) is 0 Å². The Bertz CT molecular complexity index is 370. The van der Waals surface area contributed by atoms with E-state index in [0.717, 1.165) is 36.5 Å². The van der Waals surface area contributed by atoms with Gasteiger partial charge in [0.2, 0.25) is 0 Å². The van der Waals surface area contributed by atoms with Gasteiger partial charge in [-0.15, -0.1) is 0 Å². The van der Waals surface area contributed by atoms with Gasteiger partial charge in [0.25, 0.3) is 5.56 Å². The molecule has 1 aliphatic rings. The van der Waals surface area contributed by atoms with E-state index in [2.05, 4.69) is 22.2 Å². The first kappa shape index (κ1) is 8.44. The number of aromatic nitrogens is 2. The van der Waals surface area contributed by atoms with E-state index < -0.39 is 0 Å². The highest BCUT2D eigenvalue weighted by atomic mass is 16.1. The molecule has 2 rings (SSSR count). The van der Waals surface area contributed by atoms with Crippen LogP contribution in [0.5, 0.6) is 0 Å². The second-order valence-corrected chi connectivity index (χ2v) is 3.29. The molecule has 0 aliphatic carbocycles. The third-order valence-electron chi connectivity index (χ3n) is 2.23. The molecule has 0 unspecified atom stereocenters. The number of nitrogens with zero attached hydrogens (tertiary/aromatic N) is 1. The van der Waals surface area contributed by atoms with Gasteiger partial charge in [0.05, 0.1) is 11.3 Å². The Labute approximate surface area is 76.4 Å². The molecule has 2 N–H and O–H groups in total. The number of rotatable bonds is 2. The average Bonchev–Trinajstić information content (AvgIpc) is 2.53. The lowest BCUT2D eigenvalue weighted by Crippen LogP contribution is -2.17. The lowest BCUT2D eigenvalue weighted by molar-refractivity contribution is 0.753. The van der Waals surface area contributed by atoms with Crippen LogP contribution in [0.15, 0.2) is 4.79 Å². The van der Waals surface area contributed by atoms with Crippen LogP contribution < -0.4 is 10.9 Å². The van der Waals surface area contributed by atoms with Crippen molar-refractivity contribution in [2.75, 3.05) is 0 Å². The van der Waals surface area contributed by atoms with E-state index in [9.17, 15) is 4.79 Å². The van der Waals surface area contributed by atoms with Crippen LogP contribution in [0.1, 0.15) is 30.4 Å². The SMILES string of the molecule is CCCc1nc2c(c(=O)[nH]1)CNC2. The lowest BCUT2D eigenvalue weighted by atomic mass is 10.2. The first-order valence-corrected chi connectivity index (χ1v) is 4.63. The van der Waals surface area contributed by atoms with E-state index in [1.165, 1.54) is 0 Å². The van der Waals surface area contributed by atoms with Crippen molar-refractivity contribution in [3.8, 4) is 0 Å². The summed E-state index contributed by atoms with van der Waals surface area (Å²) >= 11 is 0. The molecule has 2 heterocycles. The Morgan fingerprint density at radius 1 is 1.46 bits per heavy atom. The molecule has 1 aliphatic heterocycles. The monoisotopic (exact) mass is 179 g/mol. The Morgan fingerprint density at radius 3 is 3.08 bits per heavy atom. The van der Waals surface area contributed by atoms with Crippen molar-refractivity contribution in [3.63, 3.8) is 0 Å². The fraction of sp³-hybridized carbons (Fsp3) is 0.556. The molecule has 13 heavy (non-hydrogen) atoms. The van der Waals surface area contributed by atoms with Crippen LogP contribution in [0.4, 0.5) is 0 Å². The Hall–Kier alpha value is -1.16. The topological polar surface area (TPSA) is 57.8 Å². The third-order valence-corrected chi connectivity index (χ3v) is 2.23. The minimum atomic E-state index is 0.0263. The largest absolute Gasteiger partial charge is 0.310 e. The van der Waals surface area contributed by atoms with Crippen LogP contribution in [-0.4, -0.2) is 9.97 Å². The summed E-state index contributed by atoms with van der Waals surface area (Å²) in [7, 11) is 0. The fourth-order valence-corrected chi connectivity index (χ4v) is 1.59. The van der Waals surface area contributed by atoms with E-state index >= 15 is 0 Å². The molecule has 0 radical (unpaired) electrons. The smallest absolute Gasteiger partial charge is 0.255 e. The average molecular weight is 179 g/mol.